The maximum Gasteiger partial charge on any atom is 0.232 e. The first kappa shape index (κ1) is 17.3. The Morgan fingerprint density at radius 2 is 2.16 bits per heavy atom. The summed E-state index contributed by atoms with van der Waals surface area (Å²) in [6.45, 7) is 3.12. The monoisotopic (exact) mass is 345 g/mol. The van der Waals surface area contributed by atoms with E-state index in [0.717, 1.165) is 24.2 Å². The maximum atomic E-state index is 12.4. The van der Waals surface area contributed by atoms with Crippen LogP contribution in [0, 0.1) is 0 Å². The number of aromatic nitrogens is 2. The Bertz CT molecular complexity index is 744. The molecule has 134 valence electrons. The predicted molar refractivity (Wildman–Crippen MR) is 90.6 cm³/mol. The van der Waals surface area contributed by atoms with Gasteiger partial charge in [0.25, 0.3) is 0 Å². The molecular weight excluding hydrogens is 322 g/mol. The Labute approximate surface area is 146 Å². The summed E-state index contributed by atoms with van der Waals surface area (Å²) in [6.07, 6.45) is 2.15. The van der Waals surface area contributed by atoms with Crippen molar-refractivity contribution in [3.05, 3.63) is 35.5 Å². The summed E-state index contributed by atoms with van der Waals surface area (Å²) in [5, 5.41) is 3.98. The van der Waals surface area contributed by atoms with Gasteiger partial charge in [0.15, 0.2) is 5.82 Å². The SMILES string of the molecule is CCCc1noc(C2CC(=O)N(Cc3ccc(OC)cc3OC)C2)n1. The molecule has 0 spiro atoms. The van der Waals surface area contributed by atoms with Crippen LogP contribution in [0.1, 0.15) is 43.0 Å². The molecule has 1 aliphatic heterocycles. The molecule has 0 aliphatic carbocycles. The van der Waals surface area contributed by atoms with Gasteiger partial charge in [-0.05, 0) is 18.6 Å². The normalized spacial score (nSPS) is 17.2. The molecule has 0 bridgehead atoms. The zero-order valence-corrected chi connectivity index (χ0v) is 14.8. The number of ether oxygens (including phenoxy) is 2. The van der Waals surface area contributed by atoms with Crippen molar-refractivity contribution in [2.24, 2.45) is 0 Å². The average molecular weight is 345 g/mol. The number of hydrogen-bond donors (Lipinski definition) is 0. The van der Waals surface area contributed by atoms with Gasteiger partial charge in [-0.1, -0.05) is 12.1 Å². The van der Waals surface area contributed by atoms with Crippen LogP contribution in [-0.2, 0) is 17.8 Å². The van der Waals surface area contributed by atoms with Crippen LogP contribution >= 0.6 is 0 Å². The first-order valence-corrected chi connectivity index (χ1v) is 8.45. The zero-order valence-electron chi connectivity index (χ0n) is 14.8. The van der Waals surface area contributed by atoms with Gasteiger partial charge in [0.05, 0.1) is 20.1 Å². The Kier molecular flexibility index (Phi) is 5.21. The molecule has 2 aromatic rings. The highest BCUT2D eigenvalue weighted by molar-refractivity contribution is 5.79. The third-order valence-electron chi connectivity index (χ3n) is 4.38. The molecule has 25 heavy (non-hydrogen) atoms. The van der Waals surface area contributed by atoms with Crippen molar-refractivity contribution < 1.29 is 18.8 Å². The van der Waals surface area contributed by atoms with E-state index in [2.05, 4.69) is 17.1 Å². The molecule has 0 radical (unpaired) electrons. The lowest BCUT2D eigenvalue weighted by Crippen LogP contribution is -2.24. The van der Waals surface area contributed by atoms with Crippen molar-refractivity contribution in [3.63, 3.8) is 0 Å². The van der Waals surface area contributed by atoms with Gasteiger partial charge in [-0.25, -0.2) is 0 Å². The molecule has 1 aliphatic rings. The second kappa shape index (κ2) is 7.55. The number of aryl methyl sites for hydroxylation is 1. The molecule has 1 unspecified atom stereocenters. The molecule has 3 rings (SSSR count). The maximum absolute atomic E-state index is 12.4. The van der Waals surface area contributed by atoms with E-state index in [1.807, 2.05) is 18.2 Å². The third-order valence-corrected chi connectivity index (χ3v) is 4.38. The molecule has 2 heterocycles. The molecule has 1 atom stereocenters. The van der Waals surface area contributed by atoms with Gasteiger partial charge in [-0.3, -0.25) is 4.79 Å². The van der Waals surface area contributed by atoms with Crippen LogP contribution in [0.15, 0.2) is 22.7 Å². The van der Waals surface area contributed by atoms with Crippen LogP contribution in [0.25, 0.3) is 0 Å². The van der Waals surface area contributed by atoms with Gasteiger partial charge in [0.2, 0.25) is 11.8 Å². The lowest BCUT2D eigenvalue weighted by Gasteiger charge is -2.18. The second-order valence-corrected chi connectivity index (χ2v) is 6.15. The number of likely N-dealkylation sites (tertiary alicyclic amines) is 1. The van der Waals surface area contributed by atoms with Gasteiger partial charge < -0.3 is 18.9 Å². The quantitative estimate of drug-likeness (QED) is 0.767. The van der Waals surface area contributed by atoms with E-state index < -0.39 is 0 Å². The number of rotatable bonds is 7. The van der Waals surface area contributed by atoms with Crippen molar-refractivity contribution in [1.82, 2.24) is 15.0 Å². The van der Waals surface area contributed by atoms with Gasteiger partial charge >= 0.3 is 0 Å². The zero-order chi connectivity index (χ0) is 17.8. The summed E-state index contributed by atoms with van der Waals surface area (Å²) in [6, 6.07) is 5.61. The first-order valence-electron chi connectivity index (χ1n) is 8.45. The topological polar surface area (TPSA) is 77.7 Å². The number of nitrogens with zero attached hydrogens (tertiary/aromatic N) is 3. The highest BCUT2D eigenvalue weighted by Crippen LogP contribution is 2.31. The summed E-state index contributed by atoms with van der Waals surface area (Å²) in [5.74, 6) is 2.73. The molecule has 1 saturated heterocycles. The standard InChI is InChI=1S/C18H23N3O4/c1-4-5-16-19-18(25-20-16)13-8-17(22)21(11-13)10-12-6-7-14(23-2)9-15(12)24-3/h6-7,9,13H,4-5,8,10-11H2,1-3H3. The summed E-state index contributed by atoms with van der Waals surface area (Å²) in [4.78, 5) is 18.6. The molecule has 7 heteroatoms. The molecule has 1 fully saturated rings. The minimum absolute atomic E-state index is 0.0464. The summed E-state index contributed by atoms with van der Waals surface area (Å²) >= 11 is 0. The Balaban J connectivity index is 1.70. The molecule has 1 aromatic carbocycles. The van der Waals surface area contributed by atoms with Crippen molar-refractivity contribution in [2.45, 2.75) is 38.6 Å². The van der Waals surface area contributed by atoms with Crippen LogP contribution in [0.2, 0.25) is 0 Å². The van der Waals surface area contributed by atoms with Crippen LogP contribution < -0.4 is 9.47 Å². The number of carbonyl (C=O) groups is 1. The Hall–Kier alpha value is -2.57. The lowest BCUT2D eigenvalue weighted by molar-refractivity contribution is -0.128. The highest BCUT2D eigenvalue weighted by Gasteiger charge is 2.34. The van der Waals surface area contributed by atoms with Crippen molar-refractivity contribution in [2.75, 3.05) is 20.8 Å². The lowest BCUT2D eigenvalue weighted by atomic mass is 10.1. The fourth-order valence-corrected chi connectivity index (χ4v) is 3.04. The fraction of sp³-hybridized carbons (Fsp3) is 0.500. The number of carbonyl (C=O) groups excluding carboxylic acids is 1. The first-order chi connectivity index (χ1) is 12.1. The van der Waals surface area contributed by atoms with Crippen molar-refractivity contribution in [3.8, 4) is 11.5 Å². The van der Waals surface area contributed by atoms with Gasteiger partial charge in [0, 0.05) is 37.6 Å². The van der Waals surface area contributed by atoms with Gasteiger partial charge in [0.1, 0.15) is 11.5 Å². The van der Waals surface area contributed by atoms with Gasteiger partial charge in [-0.15, -0.1) is 0 Å². The van der Waals surface area contributed by atoms with Gasteiger partial charge in [-0.2, -0.15) is 4.98 Å². The average Bonchev–Trinajstić information content (AvgIpc) is 3.23. The van der Waals surface area contributed by atoms with Crippen LogP contribution in [0.5, 0.6) is 11.5 Å². The number of benzene rings is 1. The molecule has 0 N–H and O–H groups in total. The molecular formula is C18H23N3O4. The Morgan fingerprint density at radius 3 is 2.88 bits per heavy atom. The smallest absolute Gasteiger partial charge is 0.232 e. The fourth-order valence-electron chi connectivity index (χ4n) is 3.04. The van der Waals surface area contributed by atoms with E-state index in [0.29, 0.717) is 37.0 Å². The Morgan fingerprint density at radius 1 is 1.32 bits per heavy atom. The summed E-state index contributed by atoms with van der Waals surface area (Å²) in [7, 11) is 3.22. The van der Waals surface area contributed by atoms with E-state index in [4.69, 9.17) is 14.0 Å². The predicted octanol–water partition coefficient (Wildman–Crippen LogP) is 2.56. The van der Waals surface area contributed by atoms with Crippen molar-refractivity contribution in [1.29, 1.82) is 0 Å². The van der Waals surface area contributed by atoms with Crippen molar-refractivity contribution >= 4 is 5.91 Å². The van der Waals surface area contributed by atoms with E-state index in [1.165, 1.54) is 0 Å². The largest absolute Gasteiger partial charge is 0.497 e. The highest BCUT2D eigenvalue weighted by atomic mass is 16.5. The van der Waals surface area contributed by atoms with E-state index >= 15 is 0 Å². The van der Waals surface area contributed by atoms with E-state index in [-0.39, 0.29) is 11.8 Å². The number of methoxy groups -OCH3 is 2. The van der Waals surface area contributed by atoms with E-state index in [9.17, 15) is 4.79 Å². The second-order valence-electron chi connectivity index (χ2n) is 6.15. The summed E-state index contributed by atoms with van der Waals surface area (Å²) in [5.41, 5.74) is 0.939. The minimum atomic E-state index is -0.0464. The number of amides is 1. The third kappa shape index (κ3) is 3.75. The minimum Gasteiger partial charge on any atom is -0.497 e. The van der Waals surface area contributed by atoms with Crippen LogP contribution in [0.4, 0.5) is 0 Å². The molecule has 1 amide bonds. The molecule has 0 saturated carbocycles. The van der Waals surface area contributed by atoms with E-state index in [1.54, 1.807) is 19.1 Å². The number of hydrogen-bond acceptors (Lipinski definition) is 6. The van der Waals surface area contributed by atoms with Crippen LogP contribution in [0.3, 0.4) is 0 Å². The van der Waals surface area contributed by atoms with Crippen LogP contribution in [-0.4, -0.2) is 41.7 Å². The summed E-state index contributed by atoms with van der Waals surface area (Å²) < 4.78 is 16.0. The molecule has 7 nitrogen and oxygen atoms in total. The molecule has 1 aromatic heterocycles.